The van der Waals surface area contributed by atoms with E-state index >= 15 is 0 Å². The molecule has 0 fully saturated rings. The highest BCUT2D eigenvalue weighted by molar-refractivity contribution is 5.78. The maximum Gasteiger partial charge on any atom is 0.317 e. The van der Waals surface area contributed by atoms with Crippen molar-refractivity contribution in [3.8, 4) is 0 Å². The summed E-state index contributed by atoms with van der Waals surface area (Å²) in [6.07, 6.45) is 0.270. The lowest BCUT2D eigenvalue weighted by atomic mass is 10.2. The van der Waals surface area contributed by atoms with E-state index in [2.05, 4.69) is 5.32 Å². The second-order valence-electron chi connectivity index (χ2n) is 5.41. The average Bonchev–Trinajstić information content (AvgIpc) is 2.53. The van der Waals surface area contributed by atoms with Gasteiger partial charge in [0, 0.05) is 46.2 Å². The lowest BCUT2D eigenvalue weighted by molar-refractivity contribution is -0.131. The summed E-state index contributed by atoms with van der Waals surface area (Å²) in [4.78, 5) is 27.1. The van der Waals surface area contributed by atoms with Crippen LogP contribution in [0.1, 0.15) is 18.9 Å². The molecule has 0 bridgehead atoms. The van der Waals surface area contributed by atoms with Gasteiger partial charge >= 0.3 is 6.03 Å². The molecule has 0 aliphatic carbocycles. The number of carbonyl (C=O) groups excluding carboxylic acids is 2. The van der Waals surface area contributed by atoms with Gasteiger partial charge in [-0.15, -0.1) is 0 Å². The van der Waals surface area contributed by atoms with Crippen LogP contribution < -0.4 is 11.1 Å². The van der Waals surface area contributed by atoms with Crippen molar-refractivity contribution in [2.45, 2.75) is 25.9 Å². The van der Waals surface area contributed by atoms with Crippen LogP contribution in [0.2, 0.25) is 0 Å². The lowest BCUT2D eigenvalue weighted by Gasteiger charge is -2.24. The fraction of sp³-hybridized carbons (Fsp3) is 0.500. The van der Waals surface area contributed by atoms with Crippen LogP contribution >= 0.6 is 0 Å². The minimum Gasteiger partial charge on any atom is -0.342 e. The van der Waals surface area contributed by atoms with Crippen LogP contribution in [0.5, 0.6) is 0 Å². The number of hydrogen-bond donors (Lipinski definition) is 2. The number of hydrogen-bond acceptors (Lipinski definition) is 3. The normalized spacial score (nSPS) is 11.6. The molecule has 0 saturated heterocycles. The van der Waals surface area contributed by atoms with Crippen molar-refractivity contribution in [2.75, 3.05) is 27.2 Å². The molecule has 6 nitrogen and oxygen atoms in total. The molecular weight excluding hydrogens is 280 g/mol. The molecule has 0 aromatic heterocycles. The maximum atomic E-state index is 12.0. The molecule has 0 heterocycles. The highest BCUT2D eigenvalue weighted by Gasteiger charge is 2.15. The minimum absolute atomic E-state index is 0.00366. The van der Waals surface area contributed by atoms with Crippen molar-refractivity contribution in [1.29, 1.82) is 0 Å². The molecular formula is C16H26N4O2. The average molecular weight is 306 g/mol. The molecule has 0 saturated carbocycles. The summed E-state index contributed by atoms with van der Waals surface area (Å²) < 4.78 is 0. The molecule has 3 amide bonds. The lowest BCUT2D eigenvalue weighted by Crippen LogP contribution is -2.42. The third kappa shape index (κ3) is 5.73. The highest BCUT2D eigenvalue weighted by Crippen LogP contribution is 2.02. The maximum absolute atomic E-state index is 12.0. The minimum atomic E-state index is -0.189. The number of rotatable bonds is 7. The molecule has 1 unspecified atom stereocenters. The van der Waals surface area contributed by atoms with E-state index in [0.717, 1.165) is 5.56 Å². The topological polar surface area (TPSA) is 78.7 Å². The van der Waals surface area contributed by atoms with Gasteiger partial charge in [0.1, 0.15) is 0 Å². The zero-order valence-electron chi connectivity index (χ0n) is 13.6. The molecule has 122 valence electrons. The van der Waals surface area contributed by atoms with Gasteiger partial charge in [-0.25, -0.2) is 4.79 Å². The fourth-order valence-corrected chi connectivity index (χ4v) is 1.92. The number of nitrogens with zero attached hydrogens (tertiary/aromatic N) is 2. The summed E-state index contributed by atoms with van der Waals surface area (Å²) in [5.74, 6) is -0.0241. The van der Waals surface area contributed by atoms with Gasteiger partial charge < -0.3 is 20.9 Å². The van der Waals surface area contributed by atoms with E-state index in [-0.39, 0.29) is 24.4 Å². The molecule has 1 aromatic rings. The Morgan fingerprint density at radius 3 is 2.45 bits per heavy atom. The van der Waals surface area contributed by atoms with E-state index in [9.17, 15) is 9.59 Å². The quantitative estimate of drug-likeness (QED) is 0.789. The Morgan fingerprint density at radius 2 is 1.86 bits per heavy atom. The van der Waals surface area contributed by atoms with Crippen molar-refractivity contribution >= 4 is 11.9 Å². The Balaban J connectivity index is 2.32. The van der Waals surface area contributed by atoms with Crippen LogP contribution in [0.15, 0.2) is 30.3 Å². The largest absolute Gasteiger partial charge is 0.342 e. The smallest absolute Gasteiger partial charge is 0.317 e. The SMILES string of the molecule is CC(CN)N(C)C(=O)CCNC(=O)N(C)Cc1ccccc1. The van der Waals surface area contributed by atoms with Crippen molar-refractivity contribution in [3.63, 3.8) is 0 Å². The summed E-state index contributed by atoms with van der Waals surface area (Å²) in [5.41, 5.74) is 6.59. The van der Waals surface area contributed by atoms with Crippen LogP contribution in [0.4, 0.5) is 4.79 Å². The molecule has 3 N–H and O–H groups in total. The Morgan fingerprint density at radius 1 is 1.23 bits per heavy atom. The van der Waals surface area contributed by atoms with E-state index in [1.54, 1.807) is 23.9 Å². The molecule has 0 spiro atoms. The Kier molecular flexibility index (Phi) is 7.39. The fourth-order valence-electron chi connectivity index (χ4n) is 1.92. The second-order valence-corrected chi connectivity index (χ2v) is 5.41. The van der Waals surface area contributed by atoms with E-state index in [0.29, 0.717) is 19.6 Å². The van der Waals surface area contributed by atoms with Gasteiger partial charge in [0.15, 0.2) is 0 Å². The number of nitrogens with one attached hydrogen (secondary N) is 1. The first-order valence-corrected chi connectivity index (χ1v) is 7.44. The zero-order valence-corrected chi connectivity index (χ0v) is 13.6. The first kappa shape index (κ1) is 18.0. The number of amides is 3. The second kappa shape index (κ2) is 9.04. The van der Waals surface area contributed by atoms with E-state index in [1.807, 2.05) is 37.3 Å². The van der Waals surface area contributed by atoms with Gasteiger partial charge in [-0.1, -0.05) is 30.3 Å². The summed E-state index contributed by atoms with van der Waals surface area (Å²) in [5, 5.41) is 2.75. The predicted octanol–water partition coefficient (Wildman–Crippen LogP) is 1.02. The predicted molar refractivity (Wildman–Crippen MR) is 87.2 cm³/mol. The Hall–Kier alpha value is -2.08. The van der Waals surface area contributed by atoms with Crippen LogP contribution in [0.25, 0.3) is 0 Å². The molecule has 0 aliphatic heterocycles. The number of carbonyl (C=O) groups is 2. The number of likely N-dealkylation sites (N-methyl/N-ethyl adjacent to an activating group) is 1. The van der Waals surface area contributed by atoms with E-state index < -0.39 is 0 Å². The van der Waals surface area contributed by atoms with Crippen LogP contribution in [0, 0.1) is 0 Å². The summed E-state index contributed by atoms with van der Waals surface area (Å²) in [7, 11) is 3.45. The Bertz CT molecular complexity index is 478. The van der Waals surface area contributed by atoms with Gasteiger partial charge in [-0.3, -0.25) is 4.79 Å². The molecule has 1 atom stereocenters. The van der Waals surface area contributed by atoms with E-state index in [1.165, 1.54) is 0 Å². The van der Waals surface area contributed by atoms with Gasteiger partial charge in [0.05, 0.1) is 0 Å². The molecule has 0 aliphatic rings. The summed E-state index contributed by atoms with van der Waals surface area (Å²) >= 11 is 0. The molecule has 0 radical (unpaired) electrons. The van der Waals surface area contributed by atoms with Gasteiger partial charge in [0.2, 0.25) is 5.91 Å². The third-order valence-corrected chi connectivity index (χ3v) is 3.62. The Labute approximate surface area is 132 Å². The third-order valence-electron chi connectivity index (χ3n) is 3.62. The monoisotopic (exact) mass is 306 g/mol. The summed E-state index contributed by atoms with van der Waals surface area (Å²) in [6.45, 7) is 3.17. The summed E-state index contributed by atoms with van der Waals surface area (Å²) in [6, 6.07) is 9.57. The van der Waals surface area contributed by atoms with Crippen molar-refractivity contribution in [3.05, 3.63) is 35.9 Å². The van der Waals surface area contributed by atoms with E-state index in [4.69, 9.17) is 5.73 Å². The zero-order chi connectivity index (χ0) is 16.5. The first-order chi connectivity index (χ1) is 10.5. The van der Waals surface area contributed by atoms with Crippen molar-refractivity contribution in [1.82, 2.24) is 15.1 Å². The van der Waals surface area contributed by atoms with Crippen LogP contribution in [0.3, 0.4) is 0 Å². The van der Waals surface area contributed by atoms with Crippen molar-refractivity contribution in [2.24, 2.45) is 5.73 Å². The molecule has 22 heavy (non-hydrogen) atoms. The van der Waals surface area contributed by atoms with Gasteiger partial charge in [-0.05, 0) is 12.5 Å². The van der Waals surface area contributed by atoms with Gasteiger partial charge in [-0.2, -0.15) is 0 Å². The standard InChI is InChI=1S/C16H26N4O2/c1-13(11-17)20(3)15(21)9-10-18-16(22)19(2)12-14-7-5-4-6-8-14/h4-8,13H,9-12,17H2,1-3H3,(H,18,22). The molecule has 1 rings (SSSR count). The molecule has 6 heteroatoms. The van der Waals surface area contributed by atoms with Crippen LogP contribution in [-0.2, 0) is 11.3 Å². The first-order valence-electron chi connectivity index (χ1n) is 7.44. The molecule has 1 aromatic carbocycles. The van der Waals surface area contributed by atoms with Crippen LogP contribution in [-0.4, -0.2) is 55.0 Å². The number of benzene rings is 1. The number of nitrogens with two attached hydrogens (primary N) is 1. The van der Waals surface area contributed by atoms with Gasteiger partial charge in [0.25, 0.3) is 0 Å². The highest BCUT2D eigenvalue weighted by atomic mass is 16.2. The number of urea groups is 1. The van der Waals surface area contributed by atoms with Crippen molar-refractivity contribution < 1.29 is 9.59 Å².